The Hall–Kier alpha value is -1.65. The number of rotatable bonds is 4. The van der Waals surface area contributed by atoms with Crippen LogP contribution in [0.2, 0.25) is 0 Å². The third kappa shape index (κ3) is 3.40. The summed E-state index contributed by atoms with van der Waals surface area (Å²) >= 11 is 0. The van der Waals surface area contributed by atoms with E-state index in [-0.39, 0.29) is 0 Å². The molecule has 0 N–H and O–H groups in total. The molecule has 1 atom stereocenters. The molecule has 4 rings (SSSR count). The molecule has 24 heavy (non-hydrogen) atoms. The fourth-order valence-electron chi connectivity index (χ4n) is 3.80. The number of ether oxygens (including phenoxy) is 2. The molecule has 2 aliphatic heterocycles. The molecule has 4 heteroatoms. The number of pyridine rings is 1. The normalized spacial score (nSPS) is 22.4. The van der Waals surface area contributed by atoms with Crippen LogP contribution in [-0.2, 0) is 9.47 Å². The summed E-state index contributed by atoms with van der Waals surface area (Å²) < 4.78 is 11.6. The van der Waals surface area contributed by atoms with E-state index in [4.69, 9.17) is 9.47 Å². The Morgan fingerprint density at radius 1 is 1.21 bits per heavy atom. The first-order chi connectivity index (χ1) is 11.8. The fraction of sp³-hybridized carbons (Fsp3) is 0.550. The zero-order valence-corrected chi connectivity index (χ0v) is 14.4. The molecule has 1 unspecified atom stereocenters. The maximum atomic E-state index is 6.14. The minimum absolute atomic E-state index is 0.399. The second kappa shape index (κ2) is 7.08. The third-order valence-corrected chi connectivity index (χ3v) is 5.20. The number of nitrogens with zero attached hydrogens (tertiary/aromatic N) is 2. The highest BCUT2D eigenvalue weighted by Gasteiger charge is 2.23. The molecule has 4 nitrogen and oxygen atoms in total. The predicted molar refractivity (Wildman–Crippen MR) is 96.6 cm³/mol. The van der Waals surface area contributed by atoms with Gasteiger partial charge in [0.1, 0.15) is 0 Å². The summed E-state index contributed by atoms with van der Waals surface area (Å²) in [6.45, 7) is 6.83. The van der Waals surface area contributed by atoms with Crippen LogP contribution in [0.25, 0.3) is 10.9 Å². The summed E-state index contributed by atoms with van der Waals surface area (Å²) in [6, 6.07) is 10.7. The van der Waals surface area contributed by atoms with Crippen LogP contribution < -0.4 is 4.90 Å². The molecule has 0 amide bonds. The van der Waals surface area contributed by atoms with Crippen molar-refractivity contribution in [3.05, 3.63) is 36.0 Å². The van der Waals surface area contributed by atoms with Gasteiger partial charge in [-0.05, 0) is 38.3 Å². The Labute approximate surface area is 143 Å². The molecular weight excluding hydrogens is 300 g/mol. The molecule has 2 fully saturated rings. The van der Waals surface area contributed by atoms with Crippen LogP contribution in [0.4, 0.5) is 5.69 Å². The summed E-state index contributed by atoms with van der Waals surface area (Å²) in [4.78, 5) is 7.15. The van der Waals surface area contributed by atoms with Crippen molar-refractivity contribution < 1.29 is 9.47 Å². The van der Waals surface area contributed by atoms with Gasteiger partial charge in [-0.1, -0.05) is 18.2 Å². The van der Waals surface area contributed by atoms with Gasteiger partial charge in [-0.3, -0.25) is 4.98 Å². The second-order valence-electron chi connectivity index (χ2n) is 7.05. The number of para-hydroxylation sites is 1. The van der Waals surface area contributed by atoms with Gasteiger partial charge in [-0.25, -0.2) is 0 Å². The lowest BCUT2D eigenvalue weighted by Gasteiger charge is -2.34. The minimum atomic E-state index is 0.399. The molecule has 0 aliphatic carbocycles. The van der Waals surface area contributed by atoms with Crippen molar-refractivity contribution >= 4 is 16.6 Å². The SMILES string of the molecule is Cc1cc(N2CCC(OCC3CCOC3)CC2)c2ccccc2n1. The molecule has 0 bridgehead atoms. The first-order valence-electron chi connectivity index (χ1n) is 9.10. The van der Waals surface area contributed by atoms with Gasteiger partial charge < -0.3 is 14.4 Å². The van der Waals surface area contributed by atoms with Gasteiger partial charge in [0.2, 0.25) is 0 Å². The Bertz CT molecular complexity index is 689. The largest absolute Gasteiger partial charge is 0.381 e. The van der Waals surface area contributed by atoms with Crippen molar-refractivity contribution in [3.63, 3.8) is 0 Å². The molecule has 2 aromatic rings. The van der Waals surface area contributed by atoms with Crippen LogP contribution >= 0.6 is 0 Å². The molecular formula is C20H26N2O2. The van der Waals surface area contributed by atoms with Crippen LogP contribution in [0.1, 0.15) is 25.0 Å². The number of hydrogen-bond acceptors (Lipinski definition) is 4. The predicted octanol–water partition coefficient (Wildman–Crippen LogP) is 3.57. The van der Waals surface area contributed by atoms with Gasteiger partial charge >= 0.3 is 0 Å². The van der Waals surface area contributed by atoms with Gasteiger partial charge in [-0.15, -0.1) is 0 Å². The van der Waals surface area contributed by atoms with E-state index in [1.54, 1.807) is 0 Å². The Kier molecular flexibility index (Phi) is 4.67. The minimum Gasteiger partial charge on any atom is -0.381 e. The summed E-state index contributed by atoms with van der Waals surface area (Å²) in [5, 5.41) is 1.26. The highest BCUT2D eigenvalue weighted by molar-refractivity contribution is 5.92. The molecule has 2 aliphatic rings. The average Bonchev–Trinajstić information content (AvgIpc) is 3.13. The Balaban J connectivity index is 1.40. The molecule has 0 radical (unpaired) electrons. The number of anilines is 1. The van der Waals surface area contributed by atoms with E-state index in [2.05, 4.69) is 47.1 Å². The third-order valence-electron chi connectivity index (χ3n) is 5.20. The second-order valence-corrected chi connectivity index (χ2v) is 7.05. The molecule has 128 valence electrons. The van der Waals surface area contributed by atoms with E-state index < -0.39 is 0 Å². The van der Waals surface area contributed by atoms with Crippen molar-refractivity contribution in [3.8, 4) is 0 Å². The molecule has 0 saturated carbocycles. The average molecular weight is 326 g/mol. The summed E-state index contributed by atoms with van der Waals surface area (Å²) in [5.74, 6) is 0.606. The van der Waals surface area contributed by atoms with Crippen LogP contribution in [-0.4, -0.2) is 44.0 Å². The zero-order chi connectivity index (χ0) is 16.4. The first kappa shape index (κ1) is 15.9. The lowest BCUT2D eigenvalue weighted by atomic mass is 10.0. The lowest BCUT2D eigenvalue weighted by molar-refractivity contribution is 0.0132. The van der Waals surface area contributed by atoms with E-state index >= 15 is 0 Å². The quantitative estimate of drug-likeness (QED) is 0.860. The van der Waals surface area contributed by atoms with Crippen LogP contribution in [0.15, 0.2) is 30.3 Å². The van der Waals surface area contributed by atoms with Crippen molar-refractivity contribution in [2.24, 2.45) is 5.92 Å². The van der Waals surface area contributed by atoms with E-state index in [0.29, 0.717) is 12.0 Å². The van der Waals surface area contributed by atoms with E-state index in [9.17, 15) is 0 Å². The smallest absolute Gasteiger partial charge is 0.0726 e. The topological polar surface area (TPSA) is 34.6 Å². The van der Waals surface area contributed by atoms with Crippen molar-refractivity contribution in [2.45, 2.75) is 32.3 Å². The van der Waals surface area contributed by atoms with Crippen LogP contribution in [0.3, 0.4) is 0 Å². The standard InChI is InChI=1S/C20H26N2O2/c1-15-12-20(18-4-2-3-5-19(18)21-15)22-9-6-17(7-10-22)24-14-16-8-11-23-13-16/h2-5,12,16-17H,6-11,13-14H2,1H3. The number of hydrogen-bond donors (Lipinski definition) is 0. The number of aromatic nitrogens is 1. The Morgan fingerprint density at radius 3 is 2.83 bits per heavy atom. The highest BCUT2D eigenvalue weighted by Crippen LogP contribution is 2.29. The van der Waals surface area contributed by atoms with E-state index in [1.807, 2.05) is 0 Å². The summed E-state index contributed by atoms with van der Waals surface area (Å²) in [6.07, 6.45) is 3.75. The van der Waals surface area contributed by atoms with Crippen molar-refractivity contribution in [1.29, 1.82) is 0 Å². The number of aryl methyl sites for hydroxylation is 1. The summed E-state index contributed by atoms with van der Waals surface area (Å²) in [5.41, 5.74) is 3.50. The lowest BCUT2D eigenvalue weighted by Crippen LogP contribution is -2.37. The molecule has 0 spiro atoms. The Morgan fingerprint density at radius 2 is 2.04 bits per heavy atom. The van der Waals surface area contributed by atoms with Gasteiger partial charge in [-0.2, -0.15) is 0 Å². The number of benzene rings is 1. The first-order valence-corrected chi connectivity index (χ1v) is 9.10. The zero-order valence-electron chi connectivity index (χ0n) is 14.4. The van der Waals surface area contributed by atoms with E-state index in [1.165, 1.54) is 11.1 Å². The van der Waals surface area contributed by atoms with Crippen LogP contribution in [0.5, 0.6) is 0 Å². The molecule has 2 saturated heterocycles. The molecule has 3 heterocycles. The van der Waals surface area contributed by atoms with Crippen LogP contribution in [0, 0.1) is 12.8 Å². The fourth-order valence-corrected chi connectivity index (χ4v) is 3.80. The van der Waals surface area contributed by atoms with Gasteiger partial charge in [0.15, 0.2) is 0 Å². The summed E-state index contributed by atoms with van der Waals surface area (Å²) in [7, 11) is 0. The van der Waals surface area contributed by atoms with Gasteiger partial charge in [0.05, 0.1) is 24.8 Å². The molecule has 1 aromatic carbocycles. The maximum absolute atomic E-state index is 6.14. The number of fused-ring (bicyclic) bond motifs is 1. The maximum Gasteiger partial charge on any atom is 0.0726 e. The van der Waals surface area contributed by atoms with E-state index in [0.717, 1.165) is 63.4 Å². The van der Waals surface area contributed by atoms with Gasteiger partial charge in [0.25, 0.3) is 0 Å². The van der Waals surface area contributed by atoms with Crippen molar-refractivity contribution in [2.75, 3.05) is 37.8 Å². The monoisotopic (exact) mass is 326 g/mol. The number of piperidine rings is 1. The van der Waals surface area contributed by atoms with Gasteiger partial charge in [0, 0.05) is 42.4 Å². The molecule has 1 aromatic heterocycles. The highest BCUT2D eigenvalue weighted by atomic mass is 16.5. The van der Waals surface area contributed by atoms with Crippen molar-refractivity contribution in [1.82, 2.24) is 4.98 Å².